The summed E-state index contributed by atoms with van der Waals surface area (Å²) in [6.07, 6.45) is 4.68. The lowest BCUT2D eigenvalue weighted by atomic mass is 10.2. The molecule has 0 amide bonds. The van der Waals surface area contributed by atoms with Crippen LogP contribution in [0.15, 0.2) is 65.5 Å². The van der Waals surface area contributed by atoms with Gasteiger partial charge in [-0.15, -0.1) is 0 Å². The van der Waals surface area contributed by atoms with Crippen LogP contribution in [0.1, 0.15) is 11.1 Å². The van der Waals surface area contributed by atoms with Crippen LogP contribution in [0.2, 0.25) is 0 Å². The van der Waals surface area contributed by atoms with Crippen molar-refractivity contribution in [3.8, 4) is 0 Å². The van der Waals surface area contributed by atoms with Crippen molar-refractivity contribution in [3.05, 3.63) is 99.9 Å². The molecule has 0 saturated carbocycles. The van der Waals surface area contributed by atoms with Crippen molar-refractivity contribution >= 4 is 15.9 Å². The Morgan fingerprint density at radius 1 is 0.867 bits per heavy atom. The van der Waals surface area contributed by atoms with Gasteiger partial charge in [0.1, 0.15) is 27.9 Å². The van der Waals surface area contributed by atoms with Gasteiger partial charge in [-0.1, -0.05) is 12.1 Å². The van der Waals surface area contributed by atoms with Gasteiger partial charge in [-0.05, 0) is 52.3 Å². The third-order valence-corrected chi connectivity index (χ3v) is 4.95. The molecule has 10 heteroatoms. The molecule has 1 aromatic heterocycles. The third kappa shape index (κ3) is 5.26. The van der Waals surface area contributed by atoms with Gasteiger partial charge in [0.05, 0.1) is 19.3 Å². The zero-order chi connectivity index (χ0) is 21.7. The molecular weight excluding hydrogens is 468 g/mol. The Bertz CT molecular complexity index is 1000. The maximum absolute atomic E-state index is 13.3. The quantitative estimate of drug-likeness (QED) is 0.536. The minimum Gasteiger partial charge on any atom is -0.273 e. The Morgan fingerprint density at radius 2 is 1.40 bits per heavy atom. The number of hydrazine groups is 1. The average Bonchev–Trinajstić information content (AvgIpc) is 3.30. The van der Waals surface area contributed by atoms with Gasteiger partial charge >= 0.3 is 0 Å². The van der Waals surface area contributed by atoms with E-state index in [1.54, 1.807) is 18.3 Å². The second-order valence-electron chi connectivity index (χ2n) is 6.26. The van der Waals surface area contributed by atoms with Crippen molar-refractivity contribution in [1.82, 2.24) is 20.0 Å². The smallest absolute Gasteiger partial charge is 0.131 e. The van der Waals surface area contributed by atoms with E-state index in [2.05, 4.69) is 21.0 Å². The predicted octanol–water partition coefficient (Wildman–Crippen LogP) is 4.87. The third-order valence-electron chi connectivity index (χ3n) is 4.28. The van der Waals surface area contributed by atoms with Crippen LogP contribution in [0.5, 0.6) is 0 Å². The molecule has 2 heterocycles. The Morgan fingerprint density at radius 3 is 1.83 bits per heavy atom. The minimum atomic E-state index is -0.602. The van der Waals surface area contributed by atoms with E-state index < -0.39 is 23.3 Å². The van der Waals surface area contributed by atoms with E-state index in [9.17, 15) is 22.8 Å². The summed E-state index contributed by atoms with van der Waals surface area (Å²) in [5, 5.41) is 15.4. The van der Waals surface area contributed by atoms with Crippen molar-refractivity contribution in [3.63, 3.8) is 0 Å². The number of aromatic nitrogens is 2. The average molecular weight is 485 g/mol. The highest BCUT2D eigenvalue weighted by molar-refractivity contribution is 9.10. The second-order valence-corrected chi connectivity index (χ2v) is 7.08. The molecule has 0 unspecified atom stereocenters. The maximum Gasteiger partial charge on any atom is 0.131 e. The fourth-order valence-electron chi connectivity index (χ4n) is 2.71. The highest BCUT2D eigenvalue weighted by Gasteiger charge is 2.18. The molecule has 2 aromatic carbocycles. The highest BCUT2D eigenvalue weighted by Crippen LogP contribution is 2.18. The number of hydroxylamine groups is 1. The molecule has 30 heavy (non-hydrogen) atoms. The lowest BCUT2D eigenvalue weighted by Crippen LogP contribution is -2.32. The summed E-state index contributed by atoms with van der Waals surface area (Å²) in [7, 11) is 0. The van der Waals surface area contributed by atoms with Gasteiger partial charge in [-0.25, -0.2) is 17.6 Å². The highest BCUT2D eigenvalue weighted by atomic mass is 79.9. The molecule has 4 rings (SSSR count). The standard InChI is InChI=1S/C10H7BrF2N2.C10H10F2N2O/c11-10-4-5-14-15(10)6-7-8(12)2-1-3-9(7)13;11-9-3-1-4-10(12)8(9)7-13-5-2-6-14(13)15/h1-5H,6H2;1-4,6,15H,5,7H2. The molecule has 0 radical (unpaired) electrons. The van der Waals surface area contributed by atoms with Gasteiger partial charge in [0.15, 0.2) is 0 Å². The SMILES string of the molecule is Fc1cccc(F)c1Cn1nccc1Br.ON1C=CCN1Cc1c(F)cccc1F. The summed E-state index contributed by atoms with van der Waals surface area (Å²) < 4.78 is 55.2. The lowest BCUT2D eigenvalue weighted by Gasteiger charge is -2.22. The lowest BCUT2D eigenvalue weighted by molar-refractivity contribution is -0.196. The van der Waals surface area contributed by atoms with Crippen LogP contribution < -0.4 is 0 Å². The van der Waals surface area contributed by atoms with E-state index in [1.807, 2.05) is 0 Å². The van der Waals surface area contributed by atoms with Crippen molar-refractivity contribution in [2.45, 2.75) is 13.1 Å². The van der Waals surface area contributed by atoms with Crippen LogP contribution in [0, 0.1) is 23.3 Å². The molecule has 5 nitrogen and oxygen atoms in total. The van der Waals surface area contributed by atoms with Crippen molar-refractivity contribution in [2.75, 3.05) is 6.54 Å². The molecule has 1 aliphatic heterocycles. The molecule has 0 fully saturated rings. The number of halogens is 5. The predicted molar refractivity (Wildman–Crippen MR) is 105 cm³/mol. The fourth-order valence-corrected chi connectivity index (χ4v) is 3.05. The summed E-state index contributed by atoms with van der Waals surface area (Å²) in [4.78, 5) is 0. The van der Waals surface area contributed by atoms with Crippen LogP contribution in [0.25, 0.3) is 0 Å². The van der Waals surface area contributed by atoms with E-state index in [4.69, 9.17) is 0 Å². The molecular formula is C20H17BrF4N4O. The van der Waals surface area contributed by atoms with Gasteiger partial charge in [-0.3, -0.25) is 9.89 Å². The van der Waals surface area contributed by atoms with Crippen molar-refractivity contribution in [1.29, 1.82) is 0 Å². The number of nitrogens with zero attached hydrogens (tertiary/aromatic N) is 4. The molecule has 0 atom stereocenters. The number of hydrogen-bond acceptors (Lipinski definition) is 4. The summed E-state index contributed by atoms with van der Waals surface area (Å²) >= 11 is 3.23. The molecule has 0 aliphatic carbocycles. The first kappa shape index (κ1) is 22.0. The molecule has 1 N–H and O–H groups in total. The van der Waals surface area contributed by atoms with Gasteiger partial charge in [0.2, 0.25) is 0 Å². The Balaban J connectivity index is 0.000000171. The van der Waals surface area contributed by atoms with E-state index >= 15 is 0 Å². The molecule has 0 bridgehead atoms. The Hall–Kier alpha value is -2.69. The number of hydrogen-bond donors (Lipinski definition) is 1. The van der Waals surface area contributed by atoms with Gasteiger partial charge in [-0.2, -0.15) is 15.3 Å². The van der Waals surface area contributed by atoms with Crippen LogP contribution in [0.3, 0.4) is 0 Å². The van der Waals surface area contributed by atoms with Gasteiger partial charge in [0, 0.05) is 23.9 Å². The zero-order valence-electron chi connectivity index (χ0n) is 15.5. The van der Waals surface area contributed by atoms with Gasteiger partial charge in [0.25, 0.3) is 0 Å². The van der Waals surface area contributed by atoms with Crippen LogP contribution >= 0.6 is 15.9 Å². The molecule has 0 spiro atoms. The van der Waals surface area contributed by atoms with Crippen LogP contribution in [-0.4, -0.2) is 31.7 Å². The van der Waals surface area contributed by atoms with Gasteiger partial charge < -0.3 is 0 Å². The second kappa shape index (κ2) is 9.88. The number of benzene rings is 2. The summed E-state index contributed by atoms with van der Waals surface area (Å²) in [6, 6.07) is 9.22. The normalized spacial score (nSPS) is 13.5. The van der Waals surface area contributed by atoms with E-state index in [0.717, 1.165) is 5.17 Å². The van der Waals surface area contributed by atoms with Crippen LogP contribution in [-0.2, 0) is 13.1 Å². The molecule has 3 aromatic rings. The van der Waals surface area contributed by atoms with Crippen molar-refractivity contribution in [2.24, 2.45) is 0 Å². The zero-order valence-corrected chi connectivity index (χ0v) is 17.1. The summed E-state index contributed by atoms with van der Waals surface area (Å²) in [6.45, 7) is 0.512. The first-order chi connectivity index (χ1) is 14.4. The topological polar surface area (TPSA) is 44.5 Å². The first-order valence-corrected chi connectivity index (χ1v) is 9.59. The monoisotopic (exact) mass is 484 g/mol. The molecule has 158 valence electrons. The fraction of sp³-hybridized carbons (Fsp3) is 0.150. The number of rotatable bonds is 4. The Labute approximate surface area is 178 Å². The largest absolute Gasteiger partial charge is 0.273 e. The first-order valence-electron chi connectivity index (χ1n) is 8.79. The van der Waals surface area contributed by atoms with Crippen molar-refractivity contribution < 1.29 is 22.8 Å². The van der Waals surface area contributed by atoms with E-state index in [-0.39, 0.29) is 24.2 Å². The summed E-state index contributed by atoms with van der Waals surface area (Å²) in [5.74, 6) is -2.32. The molecule has 1 aliphatic rings. The van der Waals surface area contributed by atoms with E-state index in [1.165, 1.54) is 52.3 Å². The van der Waals surface area contributed by atoms with Crippen LogP contribution in [0.4, 0.5) is 17.6 Å². The minimum absolute atomic E-state index is 0.00199. The molecule has 0 saturated heterocycles. The van der Waals surface area contributed by atoms with E-state index in [0.29, 0.717) is 11.1 Å². The Kier molecular flexibility index (Phi) is 7.24. The maximum atomic E-state index is 13.3. The summed E-state index contributed by atoms with van der Waals surface area (Å²) in [5.41, 5.74) is -0.0258.